The van der Waals surface area contributed by atoms with Crippen molar-refractivity contribution in [3.05, 3.63) is 93.7 Å². The van der Waals surface area contributed by atoms with Crippen molar-refractivity contribution in [2.75, 3.05) is 13.2 Å². The van der Waals surface area contributed by atoms with Crippen LogP contribution in [0, 0.1) is 0 Å². The average Bonchev–Trinajstić information content (AvgIpc) is 3.39. The van der Waals surface area contributed by atoms with Crippen molar-refractivity contribution in [2.24, 2.45) is 0 Å². The largest absolute Gasteiger partial charge is 0.465 e. The van der Waals surface area contributed by atoms with Crippen molar-refractivity contribution in [2.45, 2.75) is 19.3 Å². The van der Waals surface area contributed by atoms with Gasteiger partial charge in [0.15, 0.2) is 0 Å². The van der Waals surface area contributed by atoms with Crippen LogP contribution in [0.2, 0.25) is 0 Å². The van der Waals surface area contributed by atoms with Gasteiger partial charge in [-0.2, -0.15) is 0 Å². The van der Waals surface area contributed by atoms with E-state index < -0.39 is 17.4 Å². The Morgan fingerprint density at radius 1 is 0.833 bits per heavy atom. The molecule has 5 heteroatoms. The Kier molecular flexibility index (Phi) is 5.55. The Balaban J connectivity index is 2.15. The van der Waals surface area contributed by atoms with Crippen molar-refractivity contribution in [1.82, 2.24) is 0 Å². The molecule has 1 aromatic heterocycles. The second-order valence-electron chi connectivity index (χ2n) is 6.83. The minimum Gasteiger partial charge on any atom is -0.465 e. The molecule has 0 saturated carbocycles. The molecule has 1 aliphatic rings. The van der Waals surface area contributed by atoms with Crippen LogP contribution in [0.1, 0.15) is 35.4 Å². The van der Waals surface area contributed by atoms with Gasteiger partial charge < -0.3 is 9.47 Å². The highest BCUT2D eigenvalue weighted by molar-refractivity contribution is 7.11. The summed E-state index contributed by atoms with van der Waals surface area (Å²) in [5.74, 6) is -1.22. The number of carbonyl (C=O) groups is 2. The summed E-state index contributed by atoms with van der Waals surface area (Å²) < 4.78 is 11.0. The van der Waals surface area contributed by atoms with Crippen LogP contribution in [0.25, 0.3) is 11.1 Å². The summed E-state index contributed by atoms with van der Waals surface area (Å²) in [7, 11) is 0. The topological polar surface area (TPSA) is 52.6 Å². The van der Waals surface area contributed by atoms with E-state index in [-0.39, 0.29) is 13.2 Å². The maximum atomic E-state index is 13.6. The zero-order valence-corrected chi connectivity index (χ0v) is 17.7. The van der Waals surface area contributed by atoms with Gasteiger partial charge in [0, 0.05) is 16.0 Å². The van der Waals surface area contributed by atoms with E-state index in [1.807, 2.05) is 72.1 Å². The quantitative estimate of drug-likeness (QED) is 0.414. The maximum Gasteiger partial charge on any atom is 0.332 e. The molecule has 4 nitrogen and oxygen atoms in total. The molecule has 30 heavy (non-hydrogen) atoms. The van der Waals surface area contributed by atoms with Gasteiger partial charge in [0.1, 0.15) is 0 Å². The fourth-order valence-electron chi connectivity index (χ4n) is 4.11. The Bertz CT molecular complexity index is 1080. The lowest BCUT2D eigenvalue weighted by Gasteiger charge is -2.29. The fraction of sp³-hybridized carbons (Fsp3) is 0.200. The van der Waals surface area contributed by atoms with Gasteiger partial charge in [-0.15, -0.1) is 11.3 Å². The van der Waals surface area contributed by atoms with Crippen LogP contribution in [0.5, 0.6) is 0 Å². The monoisotopic (exact) mass is 418 g/mol. The number of benzene rings is 2. The van der Waals surface area contributed by atoms with E-state index in [0.717, 1.165) is 21.6 Å². The van der Waals surface area contributed by atoms with E-state index in [1.165, 1.54) is 0 Å². The number of hydrogen-bond acceptors (Lipinski definition) is 5. The number of fused-ring (bicyclic) bond motifs is 1. The predicted molar refractivity (Wildman–Crippen MR) is 118 cm³/mol. The molecule has 4 rings (SSSR count). The lowest BCUT2D eigenvalue weighted by molar-refractivity contribution is -0.161. The minimum absolute atomic E-state index is 0.165. The molecule has 0 N–H and O–H groups in total. The van der Waals surface area contributed by atoms with Crippen molar-refractivity contribution >= 4 is 34.4 Å². The van der Waals surface area contributed by atoms with Gasteiger partial charge in [-0.05, 0) is 42.0 Å². The van der Waals surface area contributed by atoms with E-state index in [9.17, 15) is 9.59 Å². The van der Waals surface area contributed by atoms with Gasteiger partial charge in [0.2, 0.25) is 5.41 Å². The second kappa shape index (κ2) is 8.28. The minimum atomic E-state index is -1.68. The maximum absolute atomic E-state index is 13.6. The van der Waals surface area contributed by atoms with E-state index >= 15 is 0 Å². The van der Waals surface area contributed by atoms with Crippen LogP contribution < -0.4 is 0 Å². The lowest BCUT2D eigenvalue weighted by Crippen LogP contribution is -2.46. The number of rotatable bonds is 6. The molecule has 0 spiro atoms. The van der Waals surface area contributed by atoms with Crippen molar-refractivity contribution in [1.29, 1.82) is 0 Å². The zero-order valence-electron chi connectivity index (χ0n) is 16.9. The van der Waals surface area contributed by atoms with E-state index in [1.54, 1.807) is 25.2 Å². The standard InChI is InChI=1S/C25H22O4S/c1-3-28-23(26)25(24(27)29-4-2)19-14-9-8-13-18(19)21(20-15-10-16-30-20)22(25)17-11-6-5-7-12-17/h5-16H,3-4H2,1-2H3. The third-order valence-electron chi connectivity index (χ3n) is 5.22. The highest BCUT2D eigenvalue weighted by Crippen LogP contribution is 2.55. The third kappa shape index (κ3) is 2.97. The first-order chi connectivity index (χ1) is 14.7. The molecule has 2 aromatic carbocycles. The Morgan fingerprint density at radius 2 is 1.47 bits per heavy atom. The van der Waals surface area contributed by atoms with Crippen LogP contribution in [0.4, 0.5) is 0 Å². The van der Waals surface area contributed by atoms with Crippen LogP contribution >= 0.6 is 11.3 Å². The van der Waals surface area contributed by atoms with Crippen molar-refractivity contribution < 1.29 is 19.1 Å². The lowest BCUT2D eigenvalue weighted by atomic mass is 9.74. The smallest absolute Gasteiger partial charge is 0.332 e. The molecule has 3 aromatic rings. The summed E-state index contributed by atoms with van der Waals surface area (Å²) in [5.41, 5.74) is 2.04. The number of carbonyl (C=O) groups excluding carboxylic acids is 2. The summed E-state index contributed by atoms with van der Waals surface area (Å²) in [5, 5.41) is 1.99. The van der Waals surface area contributed by atoms with Crippen LogP contribution in [0.15, 0.2) is 72.1 Å². The third-order valence-corrected chi connectivity index (χ3v) is 6.11. The first-order valence-corrected chi connectivity index (χ1v) is 10.8. The van der Waals surface area contributed by atoms with Crippen molar-refractivity contribution in [3.63, 3.8) is 0 Å². The molecule has 0 fully saturated rings. The van der Waals surface area contributed by atoms with Crippen LogP contribution in [-0.4, -0.2) is 25.2 Å². The second-order valence-corrected chi connectivity index (χ2v) is 7.78. The van der Waals surface area contributed by atoms with Crippen molar-refractivity contribution in [3.8, 4) is 0 Å². The van der Waals surface area contributed by atoms with E-state index in [0.29, 0.717) is 11.1 Å². The number of esters is 2. The fourth-order valence-corrected chi connectivity index (χ4v) is 4.90. The summed E-state index contributed by atoms with van der Waals surface area (Å²) >= 11 is 1.57. The molecular weight excluding hydrogens is 396 g/mol. The van der Waals surface area contributed by atoms with E-state index in [2.05, 4.69) is 0 Å². The highest BCUT2D eigenvalue weighted by Gasteiger charge is 2.59. The summed E-state index contributed by atoms with van der Waals surface area (Å²) in [6.45, 7) is 3.81. The normalized spacial score (nSPS) is 14.3. The molecule has 0 radical (unpaired) electrons. The molecule has 0 aliphatic heterocycles. The SMILES string of the molecule is CCOC(=O)C1(C(=O)OCC)C(c2ccccc2)=C(c2cccs2)c2ccccc21. The Labute approximate surface area is 179 Å². The molecule has 152 valence electrons. The molecule has 0 saturated heterocycles. The Hall–Kier alpha value is -3.18. The van der Waals surface area contributed by atoms with Gasteiger partial charge in [-0.25, -0.2) is 0 Å². The molecule has 0 atom stereocenters. The summed E-state index contributed by atoms with van der Waals surface area (Å²) in [4.78, 5) is 28.2. The molecular formula is C25H22O4S. The molecule has 1 heterocycles. The molecule has 0 amide bonds. The summed E-state index contributed by atoms with van der Waals surface area (Å²) in [6.07, 6.45) is 0. The summed E-state index contributed by atoms with van der Waals surface area (Å²) in [6, 6.07) is 21.1. The first kappa shape index (κ1) is 20.1. The molecule has 0 bridgehead atoms. The van der Waals surface area contributed by atoms with Gasteiger partial charge >= 0.3 is 11.9 Å². The molecule has 1 aliphatic carbocycles. The predicted octanol–water partition coefficient (Wildman–Crippen LogP) is 5.08. The highest BCUT2D eigenvalue weighted by atomic mass is 32.1. The zero-order chi connectivity index (χ0) is 21.1. The number of thiophene rings is 1. The van der Waals surface area contributed by atoms with Gasteiger partial charge in [0.25, 0.3) is 0 Å². The van der Waals surface area contributed by atoms with E-state index in [4.69, 9.17) is 9.47 Å². The number of ether oxygens (including phenoxy) is 2. The van der Waals surface area contributed by atoms with Gasteiger partial charge in [-0.1, -0.05) is 60.7 Å². The average molecular weight is 419 g/mol. The molecule has 0 unspecified atom stereocenters. The van der Waals surface area contributed by atoms with Crippen LogP contribution in [0.3, 0.4) is 0 Å². The Morgan fingerprint density at radius 3 is 2.07 bits per heavy atom. The van der Waals surface area contributed by atoms with Gasteiger partial charge in [-0.3, -0.25) is 9.59 Å². The first-order valence-electron chi connectivity index (χ1n) is 9.94. The number of hydrogen-bond donors (Lipinski definition) is 0. The van der Waals surface area contributed by atoms with Gasteiger partial charge in [0.05, 0.1) is 13.2 Å². The van der Waals surface area contributed by atoms with Crippen LogP contribution in [-0.2, 0) is 24.5 Å².